The molecule has 7 nitrogen and oxygen atoms in total. The van der Waals surface area contributed by atoms with Gasteiger partial charge in [-0.25, -0.2) is 0 Å². The van der Waals surface area contributed by atoms with Gasteiger partial charge in [-0.1, -0.05) is 49.4 Å². The van der Waals surface area contributed by atoms with E-state index in [9.17, 15) is 15.0 Å². The molecule has 1 aromatic heterocycles. The lowest BCUT2D eigenvalue weighted by Crippen LogP contribution is -2.62. The van der Waals surface area contributed by atoms with Crippen LogP contribution in [0.5, 0.6) is 5.88 Å². The quantitative estimate of drug-likeness (QED) is 0.778. The van der Waals surface area contributed by atoms with Gasteiger partial charge in [0.1, 0.15) is 17.8 Å². The molecule has 2 N–H and O–H groups in total. The van der Waals surface area contributed by atoms with Crippen LogP contribution < -0.4 is 4.74 Å². The zero-order chi connectivity index (χ0) is 20.1. The van der Waals surface area contributed by atoms with Crippen molar-refractivity contribution in [2.24, 2.45) is 11.8 Å². The molecule has 0 saturated carbocycles. The number of hydrogen-bond acceptors (Lipinski definition) is 7. The molecule has 5 atom stereocenters. The highest BCUT2D eigenvalue weighted by Gasteiger charge is 2.62. The van der Waals surface area contributed by atoms with Gasteiger partial charge in [0.15, 0.2) is 5.76 Å². The maximum absolute atomic E-state index is 13.4. The second-order valence-corrected chi connectivity index (χ2v) is 7.75. The summed E-state index contributed by atoms with van der Waals surface area (Å²) in [4.78, 5) is 15.2. The number of rotatable bonds is 4. The predicted molar refractivity (Wildman–Crippen MR) is 101 cm³/mol. The topological polar surface area (TPSA) is 96.0 Å². The Kier molecular flexibility index (Phi) is 4.61. The summed E-state index contributed by atoms with van der Waals surface area (Å²) in [6.07, 6.45) is 2.32. The van der Waals surface area contributed by atoms with Gasteiger partial charge in [0.2, 0.25) is 5.78 Å². The van der Waals surface area contributed by atoms with Crippen molar-refractivity contribution in [2.45, 2.75) is 31.3 Å². The van der Waals surface area contributed by atoms with Gasteiger partial charge >= 0.3 is 0 Å². The number of aromatic nitrogens is 1. The number of carbonyl (C=O) groups excluding carboxylic acids is 1. The zero-order valence-electron chi connectivity index (χ0n) is 16.1. The van der Waals surface area contributed by atoms with Gasteiger partial charge in [0, 0.05) is 11.8 Å². The van der Waals surface area contributed by atoms with Crippen LogP contribution in [-0.2, 0) is 6.61 Å². The van der Waals surface area contributed by atoms with E-state index in [0.29, 0.717) is 5.76 Å². The van der Waals surface area contributed by atoms with E-state index in [1.165, 1.54) is 0 Å². The van der Waals surface area contributed by atoms with Gasteiger partial charge in [-0.2, -0.15) is 0 Å². The number of carbonyl (C=O) groups is 1. The van der Waals surface area contributed by atoms with Crippen LogP contribution in [0.25, 0.3) is 0 Å². The number of ketones is 1. The Labute approximate surface area is 163 Å². The first-order valence-corrected chi connectivity index (χ1v) is 9.32. The summed E-state index contributed by atoms with van der Waals surface area (Å²) in [5, 5.41) is 26.0. The average molecular weight is 384 g/mol. The van der Waals surface area contributed by atoms with E-state index in [1.807, 2.05) is 49.3 Å². The molecule has 1 heterocycles. The molecule has 4 rings (SSSR count). The van der Waals surface area contributed by atoms with E-state index in [1.54, 1.807) is 19.1 Å². The number of hydrogen-bond donors (Lipinski definition) is 2. The van der Waals surface area contributed by atoms with Crippen molar-refractivity contribution in [3.63, 3.8) is 0 Å². The minimum Gasteiger partial charge on any atom is -0.470 e. The number of ether oxygens (including phenoxy) is 1. The molecule has 7 heteroatoms. The Hall–Kier alpha value is -2.48. The third-order valence-electron chi connectivity index (χ3n) is 5.83. The second-order valence-electron chi connectivity index (χ2n) is 7.75. The molecule has 0 bridgehead atoms. The minimum atomic E-state index is -1.77. The van der Waals surface area contributed by atoms with Crippen molar-refractivity contribution in [3.05, 3.63) is 59.4 Å². The van der Waals surface area contributed by atoms with E-state index in [-0.39, 0.29) is 18.1 Å². The SMILES string of the molecule is C[C@@H]1C=C[C@H](O)[C@H]2[C@H](N(C)C)c3onc(OCc4ccccc4)c3C(=O)[C@]21O. The van der Waals surface area contributed by atoms with Gasteiger partial charge in [-0.05, 0) is 24.8 Å². The maximum atomic E-state index is 13.4. The summed E-state index contributed by atoms with van der Waals surface area (Å²) >= 11 is 0. The predicted octanol–water partition coefficient (Wildman–Crippen LogP) is 1.97. The van der Waals surface area contributed by atoms with Crippen LogP contribution in [0.1, 0.15) is 34.6 Å². The van der Waals surface area contributed by atoms with Gasteiger partial charge in [0.05, 0.1) is 12.1 Å². The zero-order valence-corrected chi connectivity index (χ0v) is 16.1. The van der Waals surface area contributed by atoms with E-state index in [0.717, 1.165) is 5.56 Å². The minimum absolute atomic E-state index is 0.0684. The van der Waals surface area contributed by atoms with Crippen molar-refractivity contribution in [1.82, 2.24) is 10.1 Å². The normalized spacial score (nSPS) is 31.6. The molecule has 28 heavy (non-hydrogen) atoms. The second kappa shape index (κ2) is 6.84. The third-order valence-corrected chi connectivity index (χ3v) is 5.83. The molecule has 0 spiro atoms. The van der Waals surface area contributed by atoms with E-state index >= 15 is 0 Å². The molecular weight excluding hydrogens is 360 g/mol. The third kappa shape index (κ3) is 2.70. The molecule has 0 fully saturated rings. The summed E-state index contributed by atoms with van der Waals surface area (Å²) < 4.78 is 11.3. The standard InChI is InChI=1S/C21H24N2O5/c1-12-9-10-14(24)16-17(23(2)3)18-15(19(25)21(12,16)26)20(22-28-18)27-11-13-7-5-4-6-8-13/h4-10,12,14,16-17,24,26H,11H2,1-3H3/t12-,14+,16+,17+,21-/m1/s1. The van der Waals surface area contributed by atoms with Crippen LogP contribution in [0.3, 0.4) is 0 Å². The molecule has 0 aliphatic heterocycles. The summed E-state index contributed by atoms with van der Waals surface area (Å²) in [6.45, 7) is 1.99. The Morgan fingerprint density at radius 1 is 1.25 bits per heavy atom. The van der Waals surface area contributed by atoms with Crippen LogP contribution in [0.4, 0.5) is 0 Å². The van der Waals surface area contributed by atoms with Gasteiger partial charge in [-0.15, -0.1) is 0 Å². The van der Waals surface area contributed by atoms with Crippen LogP contribution in [-0.4, -0.2) is 51.9 Å². The number of benzene rings is 1. The molecule has 0 radical (unpaired) electrons. The molecule has 0 unspecified atom stereocenters. The van der Waals surface area contributed by atoms with Crippen LogP contribution in [0.2, 0.25) is 0 Å². The number of aliphatic hydroxyl groups excluding tert-OH is 1. The van der Waals surface area contributed by atoms with Gasteiger partial charge < -0.3 is 19.5 Å². The molecule has 0 amide bonds. The van der Waals surface area contributed by atoms with Crippen molar-refractivity contribution in [1.29, 1.82) is 0 Å². The van der Waals surface area contributed by atoms with E-state index in [2.05, 4.69) is 5.16 Å². The number of fused-ring (bicyclic) bond motifs is 2. The van der Waals surface area contributed by atoms with Crippen molar-refractivity contribution < 1.29 is 24.3 Å². The highest BCUT2D eigenvalue weighted by molar-refractivity contribution is 6.07. The highest BCUT2D eigenvalue weighted by Crippen LogP contribution is 2.52. The lowest BCUT2D eigenvalue weighted by atomic mass is 9.61. The van der Waals surface area contributed by atoms with E-state index < -0.39 is 35.4 Å². The maximum Gasteiger partial charge on any atom is 0.265 e. The van der Waals surface area contributed by atoms with Crippen molar-refractivity contribution in [3.8, 4) is 5.88 Å². The first-order valence-electron chi connectivity index (χ1n) is 9.32. The smallest absolute Gasteiger partial charge is 0.265 e. The van der Waals surface area contributed by atoms with Crippen LogP contribution in [0.15, 0.2) is 47.0 Å². The first kappa shape index (κ1) is 18.9. The summed E-state index contributed by atoms with van der Waals surface area (Å²) in [5.41, 5.74) is -0.692. The van der Waals surface area contributed by atoms with Gasteiger partial charge in [-0.3, -0.25) is 9.69 Å². The van der Waals surface area contributed by atoms with Crippen molar-refractivity contribution in [2.75, 3.05) is 14.1 Å². The lowest BCUT2D eigenvalue weighted by Gasteiger charge is -2.49. The number of nitrogens with zero attached hydrogens (tertiary/aromatic N) is 2. The molecule has 2 aliphatic rings. The fourth-order valence-corrected chi connectivity index (χ4v) is 4.34. The lowest BCUT2D eigenvalue weighted by molar-refractivity contribution is -0.101. The number of aliphatic hydroxyl groups is 2. The average Bonchev–Trinajstić information content (AvgIpc) is 3.09. The molecule has 2 aliphatic carbocycles. The Balaban J connectivity index is 1.77. The molecule has 0 saturated heterocycles. The van der Waals surface area contributed by atoms with E-state index in [4.69, 9.17) is 9.26 Å². The Bertz CT molecular complexity index is 907. The fourth-order valence-electron chi connectivity index (χ4n) is 4.34. The summed E-state index contributed by atoms with van der Waals surface area (Å²) in [5.74, 6) is -1.38. The highest BCUT2D eigenvalue weighted by atomic mass is 16.5. The molecule has 1 aromatic carbocycles. The molecule has 2 aromatic rings. The van der Waals surface area contributed by atoms with Gasteiger partial charge in [0.25, 0.3) is 5.88 Å². The Morgan fingerprint density at radius 3 is 2.64 bits per heavy atom. The molecular formula is C21H24N2O5. The molecule has 148 valence electrons. The Morgan fingerprint density at radius 2 is 1.96 bits per heavy atom. The van der Waals surface area contributed by atoms with Crippen molar-refractivity contribution >= 4 is 5.78 Å². The summed E-state index contributed by atoms with van der Waals surface area (Å²) in [6, 6.07) is 8.99. The first-order chi connectivity index (χ1) is 13.4. The number of Topliss-reactive ketones (excluding diaryl/α,β-unsaturated/α-hetero) is 1. The fraction of sp³-hybridized carbons (Fsp3) is 0.429. The summed E-state index contributed by atoms with van der Waals surface area (Å²) in [7, 11) is 3.63. The monoisotopic (exact) mass is 384 g/mol. The van der Waals surface area contributed by atoms with Crippen LogP contribution >= 0.6 is 0 Å². The van der Waals surface area contributed by atoms with Crippen LogP contribution in [0, 0.1) is 11.8 Å². The largest absolute Gasteiger partial charge is 0.470 e.